The van der Waals surface area contributed by atoms with Crippen molar-refractivity contribution in [1.82, 2.24) is 10.2 Å². The van der Waals surface area contributed by atoms with Gasteiger partial charge in [0.05, 0.1) is 10.0 Å². The molecule has 1 aromatic rings. The quantitative estimate of drug-likeness (QED) is 0.739. The topological polar surface area (TPSA) is 69.6 Å². The Morgan fingerprint density at radius 3 is 2.67 bits per heavy atom. The lowest BCUT2D eigenvalue weighted by atomic mass is 9.99. The molecule has 1 saturated heterocycles. The third-order valence-corrected chi connectivity index (χ3v) is 3.96. The average Bonchev–Trinajstić information content (AvgIpc) is 2.54. The molecule has 1 atom stereocenters. The summed E-state index contributed by atoms with van der Waals surface area (Å²) >= 11 is 11.7. The summed E-state index contributed by atoms with van der Waals surface area (Å²) in [6.45, 7) is 0.549. The Kier molecular flexibility index (Phi) is 2.35. The largest absolute Gasteiger partial charge is 0.359 e. The normalized spacial score (nSPS) is 25.8. The van der Waals surface area contributed by atoms with Gasteiger partial charge in [-0.25, -0.2) is 0 Å². The lowest BCUT2D eigenvalue weighted by molar-refractivity contribution is -0.163. The van der Waals surface area contributed by atoms with Crippen LogP contribution in [0.1, 0.15) is 15.9 Å². The van der Waals surface area contributed by atoms with E-state index < -0.39 is 17.5 Å². The summed E-state index contributed by atoms with van der Waals surface area (Å²) in [6.07, 6.45) is 0. The summed E-state index contributed by atoms with van der Waals surface area (Å²) in [5.41, 5.74) is -1.58. The average molecular weight is 287 g/mol. The van der Waals surface area contributed by atoms with Crippen LogP contribution in [0.25, 0.3) is 0 Å². The highest BCUT2D eigenvalue weighted by Crippen LogP contribution is 2.41. The number of hydrogen-bond acceptors (Lipinski definition) is 3. The second kappa shape index (κ2) is 3.60. The number of benzene rings is 1. The number of carbonyl (C=O) groups is 2. The second-order valence-electron chi connectivity index (χ2n) is 4.20. The van der Waals surface area contributed by atoms with E-state index in [1.165, 1.54) is 12.1 Å². The Morgan fingerprint density at radius 1 is 1.28 bits per heavy atom. The Labute approximate surface area is 112 Å². The molecule has 1 fully saturated rings. The van der Waals surface area contributed by atoms with E-state index in [9.17, 15) is 14.7 Å². The van der Waals surface area contributed by atoms with Crippen molar-refractivity contribution in [2.24, 2.45) is 0 Å². The molecule has 0 bridgehead atoms. The fourth-order valence-corrected chi connectivity index (χ4v) is 2.69. The molecule has 3 rings (SSSR count). The Balaban J connectivity index is 2.28. The van der Waals surface area contributed by atoms with Gasteiger partial charge >= 0.3 is 0 Å². The molecule has 0 saturated carbocycles. The molecule has 0 aliphatic carbocycles. The van der Waals surface area contributed by atoms with E-state index >= 15 is 0 Å². The van der Waals surface area contributed by atoms with Gasteiger partial charge in [-0.05, 0) is 12.1 Å². The van der Waals surface area contributed by atoms with Gasteiger partial charge < -0.3 is 10.4 Å². The van der Waals surface area contributed by atoms with Crippen molar-refractivity contribution in [2.75, 3.05) is 13.1 Å². The molecule has 2 aliphatic heterocycles. The van der Waals surface area contributed by atoms with Gasteiger partial charge in [0.25, 0.3) is 11.8 Å². The van der Waals surface area contributed by atoms with Crippen LogP contribution in [0.2, 0.25) is 10.0 Å². The number of fused-ring (bicyclic) bond motifs is 3. The summed E-state index contributed by atoms with van der Waals surface area (Å²) in [5, 5.41) is 13.4. The molecule has 2 aliphatic rings. The van der Waals surface area contributed by atoms with Gasteiger partial charge in [-0.3, -0.25) is 14.5 Å². The van der Waals surface area contributed by atoms with Crippen LogP contribution in [0.3, 0.4) is 0 Å². The second-order valence-corrected chi connectivity index (χ2v) is 5.01. The number of carbonyl (C=O) groups excluding carboxylic acids is 2. The van der Waals surface area contributed by atoms with E-state index in [4.69, 9.17) is 23.2 Å². The van der Waals surface area contributed by atoms with Crippen LogP contribution in [0.4, 0.5) is 0 Å². The zero-order valence-corrected chi connectivity index (χ0v) is 10.5. The van der Waals surface area contributed by atoms with Crippen molar-refractivity contribution in [3.63, 3.8) is 0 Å². The highest BCUT2D eigenvalue weighted by Gasteiger charge is 2.55. The van der Waals surface area contributed by atoms with Crippen LogP contribution >= 0.6 is 23.2 Å². The molecule has 0 radical (unpaired) electrons. The highest BCUT2D eigenvalue weighted by atomic mass is 35.5. The minimum Gasteiger partial charge on any atom is -0.359 e. The first-order valence-electron chi connectivity index (χ1n) is 5.28. The maximum Gasteiger partial charge on any atom is 0.278 e. The first-order chi connectivity index (χ1) is 8.46. The molecule has 1 unspecified atom stereocenters. The Bertz CT molecular complexity index is 590. The molecule has 2 amide bonds. The molecule has 5 nitrogen and oxygen atoms in total. The predicted octanol–water partition coefficient (Wildman–Crippen LogP) is 0.724. The number of aliphatic hydroxyl groups is 1. The third kappa shape index (κ3) is 1.27. The van der Waals surface area contributed by atoms with Gasteiger partial charge in [0.15, 0.2) is 0 Å². The van der Waals surface area contributed by atoms with Crippen LogP contribution in [0, 0.1) is 0 Å². The summed E-state index contributed by atoms with van der Waals surface area (Å²) in [5.74, 6) is -1.04. The van der Waals surface area contributed by atoms with Crippen LogP contribution in [-0.4, -0.2) is 34.9 Å². The first-order valence-corrected chi connectivity index (χ1v) is 6.04. The fraction of sp³-hybridized carbons (Fsp3) is 0.273. The third-order valence-electron chi connectivity index (χ3n) is 3.24. The lowest BCUT2D eigenvalue weighted by Gasteiger charge is -2.36. The molecule has 0 aromatic heterocycles. The van der Waals surface area contributed by atoms with Crippen LogP contribution in [-0.2, 0) is 10.5 Å². The van der Waals surface area contributed by atoms with Crippen molar-refractivity contribution >= 4 is 35.0 Å². The van der Waals surface area contributed by atoms with Gasteiger partial charge in [-0.1, -0.05) is 23.2 Å². The van der Waals surface area contributed by atoms with Crippen LogP contribution in [0.5, 0.6) is 0 Å². The molecule has 94 valence electrons. The van der Waals surface area contributed by atoms with E-state index in [1.807, 2.05) is 0 Å². The Hall–Kier alpha value is -1.30. The maximum atomic E-state index is 12.1. The number of hydrogen-bond donors (Lipinski definition) is 2. The van der Waals surface area contributed by atoms with Gasteiger partial charge in [0, 0.05) is 24.2 Å². The van der Waals surface area contributed by atoms with Crippen LogP contribution in [0.15, 0.2) is 12.1 Å². The minimum atomic E-state index is -1.97. The van der Waals surface area contributed by atoms with Crippen molar-refractivity contribution in [3.05, 3.63) is 33.3 Å². The standard InChI is InChI=1S/C11H8Cl2N2O3/c12-7-3-5-6(4-8(7)13)11(18)10(17)14-1-2-15(11)9(5)16/h3-4,18H,1-2H2,(H,14,17). The van der Waals surface area contributed by atoms with Gasteiger partial charge in [-0.15, -0.1) is 0 Å². The number of amides is 2. The smallest absolute Gasteiger partial charge is 0.278 e. The van der Waals surface area contributed by atoms with E-state index in [-0.39, 0.29) is 27.7 Å². The monoisotopic (exact) mass is 286 g/mol. The van der Waals surface area contributed by atoms with Gasteiger partial charge in [0.1, 0.15) is 0 Å². The zero-order valence-electron chi connectivity index (χ0n) is 9.04. The van der Waals surface area contributed by atoms with E-state index in [1.54, 1.807) is 0 Å². The minimum absolute atomic E-state index is 0.180. The van der Waals surface area contributed by atoms with E-state index in [2.05, 4.69) is 5.32 Å². The summed E-state index contributed by atoms with van der Waals surface area (Å²) in [6, 6.07) is 2.74. The van der Waals surface area contributed by atoms with Crippen molar-refractivity contribution in [1.29, 1.82) is 0 Å². The zero-order chi connectivity index (χ0) is 13.1. The number of rotatable bonds is 0. The molecule has 18 heavy (non-hydrogen) atoms. The highest BCUT2D eigenvalue weighted by molar-refractivity contribution is 6.42. The molecule has 2 N–H and O–H groups in total. The number of piperazine rings is 1. The molecule has 2 heterocycles. The van der Waals surface area contributed by atoms with Gasteiger partial charge in [-0.2, -0.15) is 0 Å². The summed E-state index contributed by atoms with van der Waals surface area (Å²) in [4.78, 5) is 25.1. The Morgan fingerprint density at radius 2 is 1.94 bits per heavy atom. The lowest BCUT2D eigenvalue weighted by Crippen LogP contribution is -2.61. The summed E-state index contributed by atoms with van der Waals surface area (Å²) in [7, 11) is 0. The molecule has 0 spiro atoms. The fourth-order valence-electron chi connectivity index (χ4n) is 2.36. The molecular formula is C11H8Cl2N2O3. The van der Waals surface area contributed by atoms with E-state index in [0.717, 1.165) is 4.90 Å². The number of nitrogens with zero attached hydrogens (tertiary/aromatic N) is 1. The molecule has 7 heteroatoms. The predicted molar refractivity (Wildman–Crippen MR) is 64.4 cm³/mol. The molecule has 1 aromatic carbocycles. The molecular weight excluding hydrogens is 279 g/mol. The maximum absolute atomic E-state index is 12.1. The number of halogens is 2. The first kappa shape index (κ1) is 11.8. The van der Waals surface area contributed by atoms with E-state index in [0.29, 0.717) is 6.54 Å². The van der Waals surface area contributed by atoms with Crippen molar-refractivity contribution in [2.45, 2.75) is 5.72 Å². The van der Waals surface area contributed by atoms with Crippen molar-refractivity contribution in [3.8, 4) is 0 Å². The van der Waals surface area contributed by atoms with Gasteiger partial charge in [0.2, 0.25) is 5.72 Å². The SMILES string of the molecule is O=C1c2cc(Cl)c(Cl)cc2C2(O)C(=O)NCCN12. The summed E-state index contributed by atoms with van der Waals surface area (Å²) < 4.78 is 0. The van der Waals surface area contributed by atoms with Crippen LogP contribution < -0.4 is 5.32 Å². The van der Waals surface area contributed by atoms with Crippen molar-refractivity contribution < 1.29 is 14.7 Å². The number of nitrogens with one attached hydrogen (secondary N) is 1.